The Morgan fingerprint density at radius 2 is 1.84 bits per heavy atom. The molecule has 0 aliphatic rings. The molecular weight excluding hydrogens is 536 g/mol. The number of fused-ring (bicyclic) bond motifs is 1. The molecule has 4 aromatic rings. The van der Waals surface area contributed by atoms with E-state index in [1.165, 1.54) is 0 Å². The molecule has 0 aliphatic heterocycles. The average molecular weight is 565 g/mol. The zero-order valence-corrected chi connectivity index (χ0v) is 22.6. The summed E-state index contributed by atoms with van der Waals surface area (Å²) in [5.74, 6) is 1.11. The van der Waals surface area contributed by atoms with Gasteiger partial charge in [0.05, 0.1) is 36.3 Å². The summed E-state index contributed by atoms with van der Waals surface area (Å²) in [5.41, 5.74) is 1.65. The van der Waals surface area contributed by atoms with E-state index in [9.17, 15) is 9.59 Å². The molecule has 0 saturated carbocycles. The lowest BCUT2D eigenvalue weighted by atomic mass is 10.1. The highest BCUT2D eigenvalue weighted by Gasteiger charge is 2.29. The number of carbonyl (C=O) groups is 1. The molecule has 0 saturated heterocycles. The van der Waals surface area contributed by atoms with Crippen LogP contribution in [0.5, 0.6) is 5.75 Å². The van der Waals surface area contributed by atoms with Crippen LogP contribution >= 0.6 is 15.9 Å². The van der Waals surface area contributed by atoms with Crippen molar-refractivity contribution < 1.29 is 14.3 Å². The molecule has 1 unspecified atom stereocenters. The highest BCUT2D eigenvalue weighted by Crippen LogP contribution is 2.27. The second-order valence-corrected chi connectivity index (χ2v) is 9.29. The summed E-state index contributed by atoms with van der Waals surface area (Å²) in [4.78, 5) is 34.0. The second-order valence-electron chi connectivity index (χ2n) is 8.38. The summed E-state index contributed by atoms with van der Waals surface area (Å²) in [6.07, 6.45) is 0.524. The van der Waals surface area contributed by atoms with Crippen LogP contribution in [0.4, 0.5) is 10.5 Å². The zero-order valence-electron chi connectivity index (χ0n) is 21.0. The van der Waals surface area contributed by atoms with Crippen molar-refractivity contribution in [2.75, 3.05) is 32.7 Å². The largest absolute Gasteiger partial charge is 0.497 e. The minimum absolute atomic E-state index is 0.193. The van der Waals surface area contributed by atoms with Crippen molar-refractivity contribution in [2.45, 2.75) is 19.4 Å². The van der Waals surface area contributed by atoms with Crippen LogP contribution in [-0.2, 0) is 4.74 Å². The molecule has 0 fully saturated rings. The number of rotatable bonds is 9. The number of anilines is 1. The molecule has 3 aromatic carbocycles. The first kappa shape index (κ1) is 26.4. The van der Waals surface area contributed by atoms with Crippen LogP contribution < -0.4 is 15.6 Å². The lowest BCUT2D eigenvalue weighted by molar-refractivity contribution is 0.131. The highest BCUT2D eigenvalue weighted by atomic mass is 79.9. The second kappa shape index (κ2) is 12.0. The van der Waals surface area contributed by atoms with Gasteiger partial charge in [-0.25, -0.2) is 9.78 Å². The van der Waals surface area contributed by atoms with Gasteiger partial charge in [-0.1, -0.05) is 41.1 Å². The smallest absolute Gasteiger partial charge is 0.322 e. The van der Waals surface area contributed by atoms with Gasteiger partial charge in [0.1, 0.15) is 11.6 Å². The molecule has 0 radical (unpaired) electrons. The van der Waals surface area contributed by atoms with E-state index in [2.05, 4.69) is 21.2 Å². The van der Waals surface area contributed by atoms with Gasteiger partial charge < -0.3 is 19.7 Å². The molecule has 2 amide bonds. The number of nitrogens with one attached hydrogen (secondary N) is 1. The van der Waals surface area contributed by atoms with E-state index in [1.807, 2.05) is 55.5 Å². The molecule has 1 atom stereocenters. The maximum absolute atomic E-state index is 13.8. The number of hydrogen-bond donors (Lipinski definition) is 1. The van der Waals surface area contributed by atoms with Gasteiger partial charge in [0.25, 0.3) is 5.56 Å². The summed E-state index contributed by atoms with van der Waals surface area (Å²) in [6, 6.07) is 21.0. The van der Waals surface area contributed by atoms with E-state index in [0.29, 0.717) is 53.4 Å². The van der Waals surface area contributed by atoms with E-state index in [0.717, 1.165) is 4.47 Å². The predicted molar refractivity (Wildman–Crippen MR) is 149 cm³/mol. The third-order valence-electron chi connectivity index (χ3n) is 6.07. The first-order chi connectivity index (χ1) is 18.0. The SMILES string of the molecule is CCC(c1nc2ccccc2c(=O)n1-c1ccc(Br)cc1)N(CCOC)C(=O)Nc1cccc(OC)c1. The lowest BCUT2D eigenvalue weighted by Crippen LogP contribution is -2.42. The van der Waals surface area contributed by atoms with E-state index in [-0.39, 0.29) is 11.6 Å². The summed E-state index contributed by atoms with van der Waals surface area (Å²) in [5, 5.41) is 3.47. The Balaban J connectivity index is 1.84. The summed E-state index contributed by atoms with van der Waals surface area (Å²) in [7, 11) is 3.16. The van der Waals surface area contributed by atoms with Gasteiger partial charge in [-0.15, -0.1) is 0 Å². The Bertz CT molecular complexity index is 1440. The quantitative estimate of drug-likeness (QED) is 0.278. The number of ether oxygens (including phenoxy) is 2. The van der Waals surface area contributed by atoms with Crippen molar-refractivity contribution in [3.63, 3.8) is 0 Å². The van der Waals surface area contributed by atoms with Crippen molar-refractivity contribution >= 4 is 38.6 Å². The van der Waals surface area contributed by atoms with Crippen LogP contribution in [0.25, 0.3) is 16.6 Å². The van der Waals surface area contributed by atoms with E-state index in [1.54, 1.807) is 48.0 Å². The van der Waals surface area contributed by atoms with Crippen LogP contribution in [0.2, 0.25) is 0 Å². The van der Waals surface area contributed by atoms with Gasteiger partial charge in [-0.2, -0.15) is 0 Å². The topological polar surface area (TPSA) is 85.7 Å². The number of halogens is 1. The molecule has 8 nitrogen and oxygen atoms in total. The van der Waals surface area contributed by atoms with Crippen LogP contribution in [0.3, 0.4) is 0 Å². The summed E-state index contributed by atoms with van der Waals surface area (Å²) in [6.45, 7) is 2.59. The van der Waals surface area contributed by atoms with Gasteiger partial charge >= 0.3 is 6.03 Å². The van der Waals surface area contributed by atoms with Crippen molar-refractivity contribution in [3.8, 4) is 11.4 Å². The predicted octanol–water partition coefficient (Wildman–Crippen LogP) is 5.79. The molecule has 4 rings (SSSR count). The molecule has 0 aliphatic carbocycles. The lowest BCUT2D eigenvalue weighted by Gasteiger charge is -2.32. The summed E-state index contributed by atoms with van der Waals surface area (Å²) >= 11 is 3.46. The van der Waals surface area contributed by atoms with Crippen molar-refractivity contribution in [1.82, 2.24) is 14.5 Å². The number of para-hydroxylation sites is 1. The van der Waals surface area contributed by atoms with Crippen LogP contribution in [0, 0.1) is 0 Å². The van der Waals surface area contributed by atoms with Gasteiger partial charge in [0.15, 0.2) is 0 Å². The Morgan fingerprint density at radius 3 is 2.54 bits per heavy atom. The summed E-state index contributed by atoms with van der Waals surface area (Å²) < 4.78 is 13.1. The van der Waals surface area contributed by atoms with E-state index < -0.39 is 6.04 Å². The van der Waals surface area contributed by atoms with Crippen LogP contribution in [0.1, 0.15) is 25.2 Å². The van der Waals surface area contributed by atoms with Gasteiger partial charge in [0, 0.05) is 29.9 Å². The number of amides is 2. The number of urea groups is 1. The zero-order chi connectivity index (χ0) is 26.4. The van der Waals surface area contributed by atoms with Gasteiger partial charge in [-0.05, 0) is 55.0 Å². The number of carbonyl (C=O) groups excluding carboxylic acids is 1. The molecule has 1 heterocycles. The van der Waals surface area contributed by atoms with Crippen molar-refractivity contribution in [1.29, 1.82) is 0 Å². The molecule has 9 heteroatoms. The maximum atomic E-state index is 13.8. The molecule has 37 heavy (non-hydrogen) atoms. The van der Waals surface area contributed by atoms with Crippen molar-refractivity contribution in [2.24, 2.45) is 0 Å². The normalized spacial score (nSPS) is 11.8. The molecule has 0 spiro atoms. The Morgan fingerprint density at radius 1 is 1.08 bits per heavy atom. The number of aromatic nitrogens is 2. The van der Waals surface area contributed by atoms with E-state index >= 15 is 0 Å². The molecule has 0 bridgehead atoms. The monoisotopic (exact) mass is 564 g/mol. The first-order valence-electron chi connectivity index (χ1n) is 11.9. The number of benzene rings is 3. The Kier molecular flexibility index (Phi) is 8.58. The molecular formula is C28H29BrN4O4. The Labute approximate surface area is 224 Å². The minimum Gasteiger partial charge on any atom is -0.497 e. The fourth-order valence-electron chi connectivity index (χ4n) is 4.24. The highest BCUT2D eigenvalue weighted by molar-refractivity contribution is 9.10. The van der Waals surface area contributed by atoms with Crippen LogP contribution in [0.15, 0.2) is 82.1 Å². The van der Waals surface area contributed by atoms with E-state index in [4.69, 9.17) is 14.5 Å². The maximum Gasteiger partial charge on any atom is 0.322 e. The van der Waals surface area contributed by atoms with Gasteiger partial charge in [-0.3, -0.25) is 9.36 Å². The van der Waals surface area contributed by atoms with Crippen molar-refractivity contribution in [3.05, 3.63) is 93.4 Å². The molecule has 192 valence electrons. The van der Waals surface area contributed by atoms with Crippen LogP contribution in [-0.4, -0.2) is 47.9 Å². The number of hydrogen-bond acceptors (Lipinski definition) is 5. The average Bonchev–Trinajstić information content (AvgIpc) is 2.92. The third-order valence-corrected chi connectivity index (χ3v) is 6.59. The minimum atomic E-state index is -0.512. The van der Waals surface area contributed by atoms with Gasteiger partial charge in [0.2, 0.25) is 0 Å². The fraction of sp³-hybridized carbons (Fsp3) is 0.250. The molecule has 1 aromatic heterocycles. The fourth-order valence-corrected chi connectivity index (χ4v) is 4.50. The third kappa shape index (κ3) is 5.84. The Hall–Kier alpha value is -3.69. The number of methoxy groups -OCH3 is 2. The standard InChI is InChI=1S/C28H29BrN4O4/c1-4-25(32(16-17-36-2)28(35)30-20-8-7-9-22(18-20)37-3)26-31-24-11-6-5-10-23(24)27(34)33(26)21-14-12-19(29)13-15-21/h5-15,18,25H,4,16-17H2,1-3H3,(H,30,35). The first-order valence-corrected chi connectivity index (χ1v) is 12.7. The molecule has 1 N–H and O–H groups in total. The number of nitrogens with zero attached hydrogens (tertiary/aromatic N) is 3.